The first-order valence-corrected chi connectivity index (χ1v) is 25.3. The number of amides is 2. The van der Waals surface area contributed by atoms with Crippen molar-refractivity contribution in [1.29, 1.82) is 5.41 Å². The Morgan fingerprint density at radius 1 is 1.04 bits per heavy atom. The quantitative estimate of drug-likeness (QED) is 0.0346. The number of phenolic OH excluding ortho intramolecular Hbond substituents is 1. The lowest BCUT2D eigenvalue weighted by Crippen LogP contribution is -2.49. The molecule has 3 saturated heterocycles. The lowest BCUT2D eigenvalue weighted by atomic mass is 9.91. The molecular weight excluding hydrogens is 914 g/mol. The number of carbonyl (C=O) groups is 2. The highest BCUT2D eigenvalue weighted by atomic mass is 32.1. The standard InChI is InChI=1S/C51H68FN11O6S/c1-29(2)45(50(68)62-26-37(64)22-41(62)49(67)56-30(3)33-7-9-34(10-8-33)47-31(4)55-28-70-47)43(66)24-44(53)61-19-13-32(14-20-61)25-60-17-15-36(16-18-60)63-40-23-39(38-21-35(52)11-12-42(38)65)57-58-46(40)48(59-63)54-27-51(5,6)69/h7-12,21,23-24,28-30,32,36-37,41,45,53,57-58,64-66,69H,13-20,22,25-27H2,1-6H3,(H,54,59)(H,56,67)/b43-24-,53-44?/t30-,37+,41-,45?/m0/s1. The number of hydrogen-bond acceptors (Lipinski definition) is 14. The number of amidine groups is 1. The van der Waals surface area contributed by atoms with Gasteiger partial charge in [0.2, 0.25) is 11.8 Å². The van der Waals surface area contributed by atoms with E-state index >= 15 is 0 Å². The van der Waals surface area contributed by atoms with Crippen LogP contribution in [0.4, 0.5) is 15.9 Å². The predicted octanol–water partition coefficient (Wildman–Crippen LogP) is 6.65. The van der Waals surface area contributed by atoms with Gasteiger partial charge in [0.25, 0.3) is 0 Å². The number of halogens is 1. The van der Waals surface area contributed by atoms with Gasteiger partial charge in [-0.1, -0.05) is 38.1 Å². The molecular formula is C51H68FN11O6S. The molecule has 70 heavy (non-hydrogen) atoms. The molecule has 4 aromatic rings. The highest BCUT2D eigenvalue weighted by Gasteiger charge is 2.43. The van der Waals surface area contributed by atoms with Gasteiger partial charge >= 0.3 is 0 Å². The van der Waals surface area contributed by atoms with E-state index in [0.29, 0.717) is 41.8 Å². The summed E-state index contributed by atoms with van der Waals surface area (Å²) in [6.45, 7) is 15.1. The number of β-amino-alcohol motifs (C(OH)–C–C–N with tert-alkyl or cyclic N) is 1. The summed E-state index contributed by atoms with van der Waals surface area (Å²) < 4.78 is 16.2. The topological polar surface area (TPSA) is 227 Å². The number of aromatic hydroxyl groups is 1. The van der Waals surface area contributed by atoms with Gasteiger partial charge in [-0.25, -0.2) is 9.37 Å². The number of nitrogens with zero attached hydrogens (tertiary/aromatic N) is 6. The molecule has 4 aliphatic rings. The maximum atomic E-state index is 14.2. The average Bonchev–Trinajstić information content (AvgIpc) is 4.05. The number of thiazole rings is 1. The molecule has 2 amide bonds. The number of fused-ring (bicyclic) bond motifs is 1. The molecule has 4 atom stereocenters. The predicted molar refractivity (Wildman–Crippen MR) is 270 cm³/mol. The SMILES string of the molecule is Cc1ncsc1-c1ccc([C@H](C)NC(=O)[C@@H]2C[C@@H](O)CN2C(=O)C(/C(O)=C/C(=N)N2CCC(CN3CCC(n4nc(NCC(C)(C)O)c5c4C=C(c4cc(F)ccc4O)NN5)CC3)CC2)C(C)C)cc1. The second kappa shape index (κ2) is 21.1. The zero-order chi connectivity index (χ0) is 50.0. The zero-order valence-corrected chi connectivity index (χ0v) is 41.7. The molecule has 0 spiro atoms. The number of aliphatic hydroxyl groups is 3. The summed E-state index contributed by atoms with van der Waals surface area (Å²) in [5.74, 6) is -1.82. The molecule has 19 heteroatoms. The first kappa shape index (κ1) is 50.4. The van der Waals surface area contributed by atoms with Crippen LogP contribution in [0, 0.1) is 35.9 Å². The average molecular weight is 982 g/mol. The van der Waals surface area contributed by atoms with E-state index in [1.807, 2.05) is 73.1 Å². The number of anilines is 2. The fourth-order valence-electron chi connectivity index (χ4n) is 10.1. The number of carbonyl (C=O) groups excluding carboxylic acids is 2. The van der Waals surface area contributed by atoms with E-state index in [2.05, 4.69) is 31.4 Å². The molecule has 3 fully saturated rings. The van der Waals surface area contributed by atoms with Crippen LogP contribution in [0.5, 0.6) is 5.75 Å². The number of aromatic nitrogens is 3. The highest BCUT2D eigenvalue weighted by Crippen LogP contribution is 2.39. The van der Waals surface area contributed by atoms with Crippen LogP contribution in [0.15, 0.2) is 59.8 Å². The van der Waals surface area contributed by atoms with E-state index < -0.39 is 35.4 Å². The number of hydrazine groups is 1. The van der Waals surface area contributed by atoms with Crippen molar-refractivity contribution in [3.05, 3.63) is 88.1 Å². The summed E-state index contributed by atoms with van der Waals surface area (Å²) in [6.07, 6.45) is 5.84. The second-order valence-electron chi connectivity index (χ2n) is 20.3. The Morgan fingerprint density at radius 2 is 1.76 bits per heavy atom. The number of rotatable bonds is 15. The van der Waals surface area contributed by atoms with Crippen molar-refractivity contribution >= 4 is 52.3 Å². The van der Waals surface area contributed by atoms with Gasteiger partial charge < -0.3 is 45.8 Å². The van der Waals surface area contributed by atoms with E-state index in [0.717, 1.165) is 72.7 Å². The molecule has 1 unspecified atom stereocenters. The monoisotopic (exact) mass is 982 g/mol. The number of aliphatic hydroxyl groups excluding tert-OH is 2. The van der Waals surface area contributed by atoms with Crippen LogP contribution >= 0.6 is 11.3 Å². The number of piperidine rings is 2. The Hall–Kier alpha value is -6.02. The van der Waals surface area contributed by atoms with Crippen molar-refractivity contribution in [2.24, 2.45) is 17.8 Å². The molecule has 17 nitrogen and oxygen atoms in total. The first-order chi connectivity index (χ1) is 33.3. The van der Waals surface area contributed by atoms with Gasteiger partial charge in [0.05, 0.1) is 57.2 Å². The minimum Gasteiger partial charge on any atom is -0.511 e. The van der Waals surface area contributed by atoms with Gasteiger partial charge in [0.15, 0.2) is 5.82 Å². The van der Waals surface area contributed by atoms with Gasteiger partial charge in [0, 0.05) is 63.9 Å². The van der Waals surface area contributed by atoms with Crippen LogP contribution in [0.3, 0.4) is 0 Å². The number of benzene rings is 2. The maximum Gasteiger partial charge on any atom is 0.243 e. The molecule has 2 aromatic heterocycles. The largest absolute Gasteiger partial charge is 0.511 e. The lowest BCUT2D eigenvalue weighted by Gasteiger charge is -2.38. The number of aryl methyl sites for hydroxylation is 1. The molecule has 6 heterocycles. The van der Waals surface area contributed by atoms with Crippen LogP contribution in [0.25, 0.3) is 22.2 Å². The third kappa shape index (κ3) is 11.4. The molecule has 8 rings (SSSR count). The van der Waals surface area contributed by atoms with Crippen molar-refractivity contribution < 1.29 is 34.4 Å². The van der Waals surface area contributed by atoms with Crippen molar-refractivity contribution in [3.8, 4) is 16.2 Å². The summed E-state index contributed by atoms with van der Waals surface area (Å²) in [6, 6.07) is 10.6. The minimum atomic E-state index is -1.00. The third-order valence-electron chi connectivity index (χ3n) is 14.0. The maximum absolute atomic E-state index is 14.2. The molecule has 9 N–H and O–H groups in total. The molecule has 2 aromatic carbocycles. The van der Waals surface area contributed by atoms with Crippen LogP contribution in [0.2, 0.25) is 0 Å². The Labute approximate surface area is 413 Å². The van der Waals surface area contributed by atoms with E-state index in [-0.39, 0.29) is 60.8 Å². The van der Waals surface area contributed by atoms with E-state index in [4.69, 9.17) is 10.5 Å². The Morgan fingerprint density at radius 3 is 2.41 bits per heavy atom. The van der Waals surface area contributed by atoms with Crippen molar-refractivity contribution in [1.82, 2.24) is 40.2 Å². The molecule has 0 radical (unpaired) electrons. The molecule has 4 aliphatic heterocycles. The number of likely N-dealkylation sites (tertiary alicyclic amines) is 3. The second-order valence-corrected chi connectivity index (χ2v) is 21.2. The van der Waals surface area contributed by atoms with Gasteiger partial charge in [-0.15, -0.1) is 11.3 Å². The molecule has 376 valence electrons. The molecule has 0 bridgehead atoms. The van der Waals surface area contributed by atoms with E-state index in [1.54, 1.807) is 25.2 Å². The minimum absolute atomic E-state index is 0.0293. The Kier molecular flexibility index (Phi) is 15.2. The van der Waals surface area contributed by atoms with Crippen LogP contribution < -0.4 is 21.5 Å². The Balaban J connectivity index is 0.844. The third-order valence-corrected chi connectivity index (χ3v) is 15.0. The zero-order valence-electron chi connectivity index (χ0n) is 40.9. The number of nitrogens with one attached hydrogen (secondary N) is 5. The molecule has 0 aliphatic carbocycles. The fraction of sp³-hybridized carbons (Fsp3) is 0.510. The van der Waals surface area contributed by atoms with Crippen LogP contribution in [-0.4, -0.2) is 131 Å². The van der Waals surface area contributed by atoms with E-state index in [9.17, 15) is 34.4 Å². The molecule has 0 saturated carbocycles. The highest BCUT2D eigenvalue weighted by molar-refractivity contribution is 7.13. The van der Waals surface area contributed by atoms with Gasteiger partial charge in [-0.3, -0.25) is 30.5 Å². The van der Waals surface area contributed by atoms with Crippen LogP contribution in [0.1, 0.15) is 101 Å². The summed E-state index contributed by atoms with van der Waals surface area (Å²) in [5.41, 5.74) is 12.3. The summed E-state index contributed by atoms with van der Waals surface area (Å²) in [7, 11) is 0. The summed E-state index contributed by atoms with van der Waals surface area (Å²) >= 11 is 1.57. The van der Waals surface area contributed by atoms with Crippen molar-refractivity contribution in [2.45, 2.75) is 103 Å². The number of phenols is 1. The normalized spacial score (nSPS) is 20.4. The smallest absolute Gasteiger partial charge is 0.243 e. The van der Waals surface area contributed by atoms with Gasteiger partial charge in [0.1, 0.15) is 34.9 Å². The van der Waals surface area contributed by atoms with E-state index in [1.165, 1.54) is 29.2 Å². The fourth-order valence-corrected chi connectivity index (χ4v) is 10.9. The van der Waals surface area contributed by atoms with Gasteiger partial charge in [-0.05, 0) is 101 Å². The van der Waals surface area contributed by atoms with Crippen molar-refractivity contribution in [3.63, 3.8) is 0 Å². The van der Waals surface area contributed by atoms with Crippen molar-refractivity contribution in [2.75, 3.05) is 56.6 Å². The Bertz CT molecular complexity index is 2590. The lowest BCUT2D eigenvalue weighted by molar-refractivity contribution is -0.142. The number of hydrogen-bond donors (Lipinski definition) is 9. The first-order valence-electron chi connectivity index (χ1n) is 24.4. The summed E-state index contributed by atoms with van der Waals surface area (Å²) in [5, 5.41) is 63.5. The van der Waals surface area contributed by atoms with Crippen LogP contribution in [-0.2, 0) is 9.59 Å². The summed E-state index contributed by atoms with van der Waals surface area (Å²) in [4.78, 5) is 39.2. The van der Waals surface area contributed by atoms with Gasteiger partial charge in [-0.2, -0.15) is 5.10 Å².